The van der Waals surface area contributed by atoms with Gasteiger partial charge in [-0.25, -0.2) is 4.79 Å². The van der Waals surface area contributed by atoms with E-state index < -0.39 is 5.97 Å². The Labute approximate surface area is 106 Å². The van der Waals surface area contributed by atoms with Crippen molar-refractivity contribution >= 4 is 29.1 Å². The predicted octanol–water partition coefficient (Wildman–Crippen LogP) is 2.16. The summed E-state index contributed by atoms with van der Waals surface area (Å²) in [5.74, 6) is 1.18. The molecular weight excluding hydrogens is 236 g/mol. The molecule has 0 radical (unpaired) electrons. The molecule has 0 heterocycles. The third kappa shape index (κ3) is 3.85. The molecule has 5 heteroatoms. The Kier molecular flexibility index (Phi) is 5.15. The molecule has 4 nitrogen and oxygen atoms in total. The fraction of sp³-hybridized carbons (Fsp3) is 0.417. The van der Waals surface area contributed by atoms with Gasteiger partial charge >= 0.3 is 5.97 Å². The van der Waals surface area contributed by atoms with Crippen LogP contribution in [0, 0.1) is 0 Å². The number of nitrogens with zero attached hydrogens (tertiary/aromatic N) is 1. The highest BCUT2D eigenvalue weighted by Gasteiger charge is 2.09. The summed E-state index contributed by atoms with van der Waals surface area (Å²) in [6.07, 6.45) is 0. The lowest BCUT2D eigenvalue weighted by molar-refractivity contribution is 0.0697. The highest BCUT2D eigenvalue weighted by molar-refractivity contribution is 7.99. The van der Waals surface area contributed by atoms with E-state index in [1.807, 2.05) is 23.7 Å². The molecular formula is C12H18N2O2S. The summed E-state index contributed by atoms with van der Waals surface area (Å²) in [5, 5.41) is 8.84. The predicted molar refractivity (Wildman–Crippen MR) is 74.1 cm³/mol. The van der Waals surface area contributed by atoms with Gasteiger partial charge in [-0.2, -0.15) is 11.8 Å². The van der Waals surface area contributed by atoms with Crippen molar-refractivity contribution in [2.45, 2.75) is 6.92 Å². The van der Waals surface area contributed by atoms with Crippen molar-refractivity contribution in [1.82, 2.24) is 0 Å². The van der Waals surface area contributed by atoms with Crippen LogP contribution in [0.1, 0.15) is 17.3 Å². The van der Waals surface area contributed by atoms with Crippen LogP contribution in [0.15, 0.2) is 18.2 Å². The molecule has 1 rings (SSSR count). The number of nitrogen functional groups attached to an aromatic ring is 1. The zero-order chi connectivity index (χ0) is 12.8. The van der Waals surface area contributed by atoms with Gasteiger partial charge in [-0.05, 0) is 24.0 Å². The number of carbonyl (C=O) groups is 1. The summed E-state index contributed by atoms with van der Waals surface area (Å²) >= 11 is 1.87. The number of thioether (sulfide) groups is 1. The van der Waals surface area contributed by atoms with Crippen molar-refractivity contribution in [3.63, 3.8) is 0 Å². The van der Waals surface area contributed by atoms with Crippen LogP contribution in [0.25, 0.3) is 0 Å². The van der Waals surface area contributed by atoms with E-state index in [-0.39, 0.29) is 5.56 Å². The smallest absolute Gasteiger partial charge is 0.335 e. The summed E-state index contributed by atoms with van der Waals surface area (Å²) in [6, 6.07) is 4.84. The van der Waals surface area contributed by atoms with E-state index >= 15 is 0 Å². The van der Waals surface area contributed by atoms with Crippen LogP contribution in [0.2, 0.25) is 0 Å². The van der Waals surface area contributed by atoms with Gasteiger partial charge in [0.15, 0.2) is 0 Å². The highest BCUT2D eigenvalue weighted by atomic mass is 32.2. The third-order valence-corrected chi connectivity index (χ3v) is 3.34. The molecule has 0 spiro atoms. The molecule has 0 unspecified atom stereocenters. The molecule has 0 aliphatic rings. The number of carboxylic acid groups (broad SMARTS) is 1. The van der Waals surface area contributed by atoms with E-state index in [0.717, 1.165) is 23.7 Å². The van der Waals surface area contributed by atoms with Crippen molar-refractivity contribution in [1.29, 1.82) is 0 Å². The molecule has 0 bridgehead atoms. The fourth-order valence-electron chi connectivity index (χ4n) is 1.50. The number of aromatic carboxylic acids is 1. The molecule has 0 aliphatic carbocycles. The average molecular weight is 254 g/mol. The van der Waals surface area contributed by atoms with E-state index in [1.165, 1.54) is 6.07 Å². The SMILES string of the molecule is CCSCCN(C)c1ccc(C(=O)O)cc1N. The number of hydrogen-bond donors (Lipinski definition) is 2. The van der Waals surface area contributed by atoms with Crippen molar-refractivity contribution in [3.05, 3.63) is 23.8 Å². The maximum Gasteiger partial charge on any atom is 0.335 e. The third-order valence-electron chi connectivity index (χ3n) is 2.46. The molecule has 1 aromatic carbocycles. The molecule has 1 aromatic rings. The van der Waals surface area contributed by atoms with Crippen LogP contribution in [0.5, 0.6) is 0 Å². The minimum absolute atomic E-state index is 0.225. The number of carboxylic acids is 1. The minimum Gasteiger partial charge on any atom is -0.478 e. The average Bonchev–Trinajstić information content (AvgIpc) is 2.28. The van der Waals surface area contributed by atoms with Gasteiger partial charge < -0.3 is 15.7 Å². The molecule has 94 valence electrons. The largest absolute Gasteiger partial charge is 0.478 e. The number of rotatable bonds is 6. The summed E-state index contributed by atoms with van der Waals surface area (Å²) in [4.78, 5) is 12.8. The Balaban J connectivity index is 2.74. The maximum atomic E-state index is 10.8. The molecule has 0 fully saturated rings. The summed E-state index contributed by atoms with van der Waals surface area (Å²) in [5.41, 5.74) is 7.47. The molecule has 0 saturated carbocycles. The number of benzene rings is 1. The lowest BCUT2D eigenvalue weighted by Gasteiger charge is -2.21. The molecule has 3 N–H and O–H groups in total. The van der Waals surface area contributed by atoms with Crippen LogP contribution < -0.4 is 10.6 Å². The highest BCUT2D eigenvalue weighted by Crippen LogP contribution is 2.23. The van der Waals surface area contributed by atoms with Gasteiger partial charge in [0, 0.05) is 19.3 Å². The number of nitrogens with two attached hydrogens (primary N) is 1. The number of anilines is 2. The Morgan fingerprint density at radius 1 is 1.53 bits per heavy atom. The monoisotopic (exact) mass is 254 g/mol. The van der Waals surface area contributed by atoms with Crippen molar-refractivity contribution in [2.75, 3.05) is 35.7 Å². The topological polar surface area (TPSA) is 66.6 Å². The Bertz CT molecular complexity index is 396. The molecule has 0 aliphatic heterocycles. The maximum absolute atomic E-state index is 10.8. The lowest BCUT2D eigenvalue weighted by atomic mass is 10.1. The van der Waals surface area contributed by atoms with Gasteiger partial charge in [0.25, 0.3) is 0 Å². The van der Waals surface area contributed by atoms with Gasteiger partial charge in [0.05, 0.1) is 16.9 Å². The first-order valence-electron chi connectivity index (χ1n) is 5.48. The summed E-state index contributed by atoms with van der Waals surface area (Å²) in [7, 11) is 1.96. The van der Waals surface area contributed by atoms with Crippen LogP contribution in [-0.2, 0) is 0 Å². The van der Waals surface area contributed by atoms with E-state index in [4.69, 9.17) is 10.8 Å². The second-order valence-electron chi connectivity index (χ2n) is 3.70. The van der Waals surface area contributed by atoms with E-state index in [9.17, 15) is 4.79 Å². The Morgan fingerprint density at radius 2 is 2.24 bits per heavy atom. The van der Waals surface area contributed by atoms with Crippen LogP contribution >= 0.6 is 11.8 Å². The first-order chi connectivity index (χ1) is 8.06. The van der Waals surface area contributed by atoms with Crippen molar-refractivity contribution in [3.8, 4) is 0 Å². The zero-order valence-electron chi connectivity index (χ0n) is 10.1. The second-order valence-corrected chi connectivity index (χ2v) is 5.09. The Hall–Kier alpha value is -1.36. The normalized spacial score (nSPS) is 10.2. The Morgan fingerprint density at radius 3 is 2.76 bits per heavy atom. The van der Waals surface area contributed by atoms with Crippen LogP contribution in [-0.4, -0.2) is 36.2 Å². The molecule has 0 atom stereocenters. The first-order valence-corrected chi connectivity index (χ1v) is 6.63. The van der Waals surface area contributed by atoms with Crippen molar-refractivity contribution in [2.24, 2.45) is 0 Å². The molecule has 0 amide bonds. The minimum atomic E-state index is -0.951. The van der Waals surface area contributed by atoms with Crippen LogP contribution in [0.4, 0.5) is 11.4 Å². The van der Waals surface area contributed by atoms with E-state index in [0.29, 0.717) is 5.69 Å². The van der Waals surface area contributed by atoms with Gasteiger partial charge in [-0.15, -0.1) is 0 Å². The second kappa shape index (κ2) is 6.39. The lowest BCUT2D eigenvalue weighted by Crippen LogP contribution is -2.21. The van der Waals surface area contributed by atoms with Crippen LogP contribution in [0.3, 0.4) is 0 Å². The van der Waals surface area contributed by atoms with Gasteiger partial charge in [-0.1, -0.05) is 6.92 Å². The molecule has 0 aromatic heterocycles. The first kappa shape index (κ1) is 13.7. The van der Waals surface area contributed by atoms with Gasteiger partial charge in [0.1, 0.15) is 0 Å². The fourth-order valence-corrected chi connectivity index (χ4v) is 2.19. The molecule has 17 heavy (non-hydrogen) atoms. The quantitative estimate of drug-likeness (QED) is 0.601. The summed E-state index contributed by atoms with van der Waals surface area (Å²) in [6.45, 7) is 3.02. The number of hydrogen-bond acceptors (Lipinski definition) is 4. The molecule has 0 saturated heterocycles. The standard InChI is InChI=1S/C12H18N2O2S/c1-3-17-7-6-14(2)11-5-4-9(12(15)16)8-10(11)13/h4-5,8H,3,6-7,13H2,1-2H3,(H,15,16). The van der Waals surface area contributed by atoms with Gasteiger partial charge in [-0.3, -0.25) is 0 Å². The van der Waals surface area contributed by atoms with E-state index in [2.05, 4.69) is 6.92 Å². The zero-order valence-corrected chi connectivity index (χ0v) is 11.0. The van der Waals surface area contributed by atoms with Crippen molar-refractivity contribution < 1.29 is 9.90 Å². The van der Waals surface area contributed by atoms with E-state index in [1.54, 1.807) is 12.1 Å². The summed E-state index contributed by atoms with van der Waals surface area (Å²) < 4.78 is 0. The van der Waals surface area contributed by atoms with Gasteiger partial charge in [0.2, 0.25) is 0 Å².